The van der Waals surface area contributed by atoms with Gasteiger partial charge in [-0.3, -0.25) is 0 Å². The van der Waals surface area contributed by atoms with Crippen molar-refractivity contribution >= 4 is 17.4 Å². The fraction of sp³-hybridized carbons (Fsp3) is 0.556. The number of aromatic nitrogens is 2. The normalized spacial score (nSPS) is 15.8. The molecule has 0 N–H and O–H groups in total. The molecule has 0 atom stereocenters. The molecule has 0 bridgehead atoms. The standard InChI is InChI=1S/C9H12ClN3/c1-2-13(7-3-4-7)9-8(10)11-5-6-12-9/h5-7H,2-4H2,1H3. The first-order valence-corrected chi connectivity index (χ1v) is 4.94. The molecule has 0 aliphatic heterocycles. The minimum Gasteiger partial charge on any atom is -0.351 e. The maximum Gasteiger partial charge on any atom is 0.171 e. The molecule has 70 valence electrons. The van der Waals surface area contributed by atoms with Gasteiger partial charge in [-0.15, -0.1) is 0 Å². The second kappa shape index (κ2) is 3.50. The van der Waals surface area contributed by atoms with Crippen LogP contribution in [0.3, 0.4) is 0 Å². The third-order valence-electron chi connectivity index (χ3n) is 2.24. The van der Waals surface area contributed by atoms with Crippen LogP contribution in [0.25, 0.3) is 0 Å². The number of nitrogens with zero attached hydrogens (tertiary/aromatic N) is 3. The Hall–Kier alpha value is -0.830. The van der Waals surface area contributed by atoms with Crippen molar-refractivity contribution in [2.75, 3.05) is 11.4 Å². The fourth-order valence-corrected chi connectivity index (χ4v) is 1.69. The van der Waals surface area contributed by atoms with Crippen LogP contribution >= 0.6 is 11.6 Å². The zero-order chi connectivity index (χ0) is 9.26. The number of anilines is 1. The van der Waals surface area contributed by atoms with Gasteiger partial charge < -0.3 is 4.90 Å². The second-order valence-electron chi connectivity index (χ2n) is 3.19. The van der Waals surface area contributed by atoms with Crippen molar-refractivity contribution in [3.63, 3.8) is 0 Å². The van der Waals surface area contributed by atoms with Crippen molar-refractivity contribution in [1.82, 2.24) is 9.97 Å². The van der Waals surface area contributed by atoms with Crippen molar-refractivity contribution in [1.29, 1.82) is 0 Å². The smallest absolute Gasteiger partial charge is 0.171 e. The topological polar surface area (TPSA) is 29.0 Å². The Morgan fingerprint density at radius 2 is 2.15 bits per heavy atom. The lowest BCUT2D eigenvalue weighted by Gasteiger charge is -2.21. The first-order chi connectivity index (χ1) is 6.33. The van der Waals surface area contributed by atoms with Gasteiger partial charge in [0.1, 0.15) is 0 Å². The molecule has 13 heavy (non-hydrogen) atoms. The van der Waals surface area contributed by atoms with Crippen molar-refractivity contribution in [3.8, 4) is 0 Å². The summed E-state index contributed by atoms with van der Waals surface area (Å²) < 4.78 is 0. The summed E-state index contributed by atoms with van der Waals surface area (Å²) in [5.41, 5.74) is 0. The fourth-order valence-electron chi connectivity index (χ4n) is 1.47. The Kier molecular flexibility index (Phi) is 2.36. The molecule has 2 rings (SSSR count). The van der Waals surface area contributed by atoms with Crippen LogP contribution in [-0.2, 0) is 0 Å². The molecule has 0 spiro atoms. The van der Waals surface area contributed by atoms with Gasteiger partial charge in [0.25, 0.3) is 0 Å². The monoisotopic (exact) mass is 197 g/mol. The van der Waals surface area contributed by atoms with Crippen LogP contribution < -0.4 is 4.90 Å². The van der Waals surface area contributed by atoms with E-state index < -0.39 is 0 Å². The van der Waals surface area contributed by atoms with E-state index >= 15 is 0 Å². The van der Waals surface area contributed by atoms with E-state index in [-0.39, 0.29) is 0 Å². The molecular weight excluding hydrogens is 186 g/mol. The highest BCUT2D eigenvalue weighted by Gasteiger charge is 2.30. The van der Waals surface area contributed by atoms with Crippen LogP contribution in [0.1, 0.15) is 19.8 Å². The van der Waals surface area contributed by atoms with Gasteiger partial charge in [-0.1, -0.05) is 11.6 Å². The molecule has 0 unspecified atom stereocenters. The summed E-state index contributed by atoms with van der Waals surface area (Å²) in [4.78, 5) is 10.5. The predicted octanol–water partition coefficient (Wildman–Crippen LogP) is 2.12. The average Bonchev–Trinajstić information content (AvgIpc) is 2.93. The number of rotatable bonds is 3. The van der Waals surface area contributed by atoms with Crippen molar-refractivity contribution in [2.24, 2.45) is 0 Å². The first kappa shape index (κ1) is 8.75. The van der Waals surface area contributed by atoms with Gasteiger partial charge in [-0.05, 0) is 19.8 Å². The number of hydrogen-bond donors (Lipinski definition) is 0. The van der Waals surface area contributed by atoms with E-state index in [1.807, 2.05) is 0 Å². The van der Waals surface area contributed by atoms with Crippen LogP contribution in [-0.4, -0.2) is 22.6 Å². The zero-order valence-corrected chi connectivity index (χ0v) is 8.33. The SMILES string of the molecule is CCN(c1nccnc1Cl)C1CC1. The van der Waals surface area contributed by atoms with Crippen molar-refractivity contribution in [3.05, 3.63) is 17.5 Å². The lowest BCUT2D eigenvalue weighted by Crippen LogP contribution is -2.26. The second-order valence-corrected chi connectivity index (χ2v) is 3.55. The maximum absolute atomic E-state index is 5.95. The molecular formula is C9H12ClN3. The Balaban J connectivity index is 2.26. The summed E-state index contributed by atoms with van der Waals surface area (Å²) in [5, 5.41) is 0.510. The lowest BCUT2D eigenvalue weighted by atomic mass is 10.4. The summed E-state index contributed by atoms with van der Waals surface area (Å²) >= 11 is 5.95. The Bertz CT molecular complexity index is 299. The highest BCUT2D eigenvalue weighted by Crippen LogP contribution is 2.32. The number of halogens is 1. The highest BCUT2D eigenvalue weighted by molar-refractivity contribution is 6.31. The highest BCUT2D eigenvalue weighted by atomic mass is 35.5. The molecule has 0 amide bonds. The molecule has 1 aromatic heterocycles. The molecule has 0 radical (unpaired) electrons. The van der Waals surface area contributed by atoms with Gasteiger partial charge >= 0.3 is 0 Å². The first-order valence-electron chi connectivity index (χ1n) is 4.56. The molecule has 1 aliphatic carbocycles. The van der Waals surface area contributed by atoms with Crippen LogP contribution in [0.2, 0.25) is 5.15 Å². The Morgan fingerprint density at radius 1 is 1.46 bits per heavy atom. The molecule has 4 heteroatoms. The molecule has 1 aliphatic rings. The van der Waals surface area contributed by atoms with Crippen LogP contribution in [0, 0.1) is 0 Å². The number of hydrogen-bond acceptors (Lipinski definition) is 3. The van der Waals surface area contributed by atoms with E-state index in [9.17, 15) is 0 Å². The Labute approximate surface area is 82.8 Å². The van der Waals surface area contributed by atoms with E-state index in [2.05, 4.69) is 21.8 Å². The molecule has 3 nitrogen and oxygen atoms in total. The molecule has 1 aromatic rings. The third-order valence-corrected chi connectivity index (χ3v) is 2.50. The van der Waals surface area contributed by atoms with E-state index in [0.717, 1.165) is 12.4 Å². The van der Waals surface area contributed by atoms with Crippen LogP contribution in [0.4, 0.5) is 5.82 Å². The molecule has 1 heterocycles. The lowest BCUT2D eigenvalue weighted by molar-refractivity contribution is 0.804. The summed E-state index contributed by atoms with van der Waals surface area (Å²) in [6.07, 6.45) is 5.81. The van der Waals surface area contributed by atoms with E-state index in [1.165, 1.54) is 12.8 Å². The summed E-state index contributed by atoms with van der Waals surface area (Å²) in [6, 6.07) is 0.638. The molecule has 1 fully saturated rings. The minimum absolute atomic E-state index is 0.510. The van der Waals surface area contributed by atoms with Crippen molar-refractivity contribution in [2.45, 2.75) is 25.8 Å². The van der Waals surface area contributed by atoms with E-state index in [4.69, 9.17) is 11.6 Å². The van der Waals surface area contributed by atoms with E-state index in [1.54, 1.807) is 12.4 Å². The maximum atomic E-state index is 5.95. The average molecular weight is 198 g/mol. The summed E-state index contributed by atoms with van der Waals surface area (Å²) in [7, 11) is 0. The Morgan fingerprint density at radius 3 is 2.69 bits per heavy atom. The molecule has 0 aromatic carbocycles. The molecule has 1 saturated carbocycles. The van der Waals surface area contributed by atoms with Gasteiger partial charge in [0.15, 0.2) is 11.0 Å². The van der Waals surface area contributed by atoms with Gasteiger partial charge in [0, 0.05) is 25.0 Å². The zero-order valence-electron chi connectivity index (χ0n) is 7.57. The third kappa shape index (κ3) is 1.75. The van der Waals surface area contributed by atoms with Gasteiger partial charge in [0.05, 0.1) is 0 Å². The van der Waals surface area contributed by atoms with E-state index in [0.29, 0.717) is 11.2 Å². The van der Waals surface area contributed by atoms with Crippen LogP contribution in [0.5, 0.6) is 0 Å². The quantitative estimate of drug-likeness (QED) is 0.744. The van der Waals surface area contributed by atoms with Crippen molar-refractivity contribution < 1.29 is 0 Å². The predicted molar refractivity (Wildman–Crippen MR) is 53.1 cm³/mol. The van der Waals surface area contributed by atoms with Gasteiger partial charge in [0.2, 0.25) is 0 Å². The van der Waals surface area contributed by atoms with Crippen LogP contribution in [0.15, 0.2) is 12.4 Å². The van der Waals surface area contributed by atoms with Gasteiger partial charge in [-0.25, -0.2) is 9.97 Å². The largest absolute Gasteiger partial charge is 0.351 e. The summed E-state index contributed by atoms with van der Waals surface area (Å²) in [5.74, 6) is 0.828. The molecule has 0 saturated heterocycles. The summed E-state index contributed by atoms with van der Waals surface area (Å²) in [6.45, 7) is 3.06. The van der Waals surface area contributed by atoms with Gasteiger partial charge in [-0.2, -0.15) is 0 Å². The minimum atomic E-state index is 0.510.